The highest BCUT2D eigenvalue weighted by molar-refractivity contribution is 5.77. The van der Waals surface area contributed by atoms with Crippen LogP contribution in [-0.2, 0) is 4.79 Å². The molecule has 18 heavy (non-hydrogen) atoms. The summed E-state index contributed by atoms with van der Waals surface area (Å²) < 4.78 is 0. The topological polar surface area (TPSA) is 81.7 Å². The Morgan fingerprint density at radius 2 is 1.94 bits per heavy atom. The minimum atomic E-state index is -0.806. The van der Waals surface area contributed by atoms with Crippen molar-refractivity contribution in [3.8, 4) is 0 Å². The van der Waals surface area contributed by atoms with Crippen molar-refractivity contribution in [2.45, 2.75) is 25.8 Å². The number of likely N-dealkylation sites (tertiary alicyclic amines) is 1. The lowest BCUT2D eigenvalue weighted by molar-refractivity contribution is -0.142. The third-order valence-electron chi connectivity index (χ3n) is 3.88. The van der Waals surface area contributed by atoms with E-state index in [1.165, 1.54) is 0 Å². The van der Waals surface area contributed by atoms with E-state index in [0.29, 0.717) is 13.1 Å². The maximum Gasteiger partial charge on any atom is 0.317 e. The number of hydrogen-bond acceptors (Lipinski definition) is 3. The van der Waals surface area contributed by atoms with Crippen LogP contribution in [0.5, 0.6) is 0 Å². The van der Waals surface area contributed by atoms with Gasteiger partial charge in [-0.3, -0.25) is 4.79 Å². The Bertz CT molecular complexity index is 329. The smallest absolute Gasteiger partial charge is 0.317 e. The van der Waals surface area contributed by atoms with Crippen LogP contribution in [0.25, 0.3) is 0 Å². The van der Waals surface area contributed by atoms with Gasteiger partial charge in [0, 0.05) is 19.1 Å². The summed E-state index contributed by atoms with van der Waals surface area (Å²) in [6, 6.07) is 0.107. The molecule has 2 saturated heterocycles. The van der Waals surface area contributed by atoms with E-state index in [1.807, 2.05) is 6.92 Å². The zero-order valence-electron chi connectivity index (χ0n) is 10.7. The highest BCUT2D eigenvalue weighted by Gasteiger charge is 2.37. The fourth-order valence-corrected chi connectivity index (χ4v) is 2.69. The zero-order chi connectivity index (χ0) is 13.1. The van der Waals surface area contributed by atoms with Gasteiger partial charge in [0.15, 0.2) is 0 Å². The highest BCUT2D eigenvalue weighted by atomic mass is 16.4. The molecule has 102 valence electrons. The molecule has 0 aliphatic carbocycles. The molecule has 2 unspecified atom stereocenters. The molecule has 2 aliphatic heterocycles. The van der Waals surface area contributed by atoms with Crippen molar-refractivity contribution < 1.29 is 14.7 Å². The highest BCUT2D eigenvalue weighted by Crippen LogP contribution is 2.23. The van der Waals surface area contributed by atoms with Crippen LogP contribution in [-0.4, -0.2) is 54.2 Å². The number of rotatable bonds is 2. The van der Waals surface area contributed by atoms with E-state index in [2.05, 4.69) is 10.6 Å². The Kier molecular flexibility index (Phi) is 4.06. The van der Waals surface area contributed by atoms with Crippen molar-refractivity contribution >= 4 is 12.0 Å². The Labute approximate surface area is 107 Å². The standard InChI is InChI=1S/C12H21N3O3/c1-8-6-15(7-10(8)11(16)17)12(18)14-9-2-4-13-5-3-9/h8-10,13H,2-7H2,1H3,(H,14,18)(H,16,17). The third kappa shape index (κ3) is 2.93. The molecule has 2 amide bonds. The molecule has 2 aliphatic rings. The van der Waals surface area contributed by atoms with Gasteiger partial charge in [0.1, 0.15) is 0 Å². The third-order valence-corrected chi connectivity index (χ3v) is 3.88. The predicted octanol–water partition coefficient (Wildman–Crippen LogP) is 0.101. The first kappa shape index (κ1) is 13.1. The summed E-state index contributed by atoms with van der Waals surface area (Å²) in [7, 11) is 0. The first-order valence-electron chi connectivity index (χ1n) is 6.57. The predicted molar refractivity (Wildman–Crippen MR) is 66.3 cm³/mol. The molecule has 2 heterocycles. The molecule has 0 radical (unpaired) electrons. The number of carbonyl (C=O) groups is 2. The summed E-state index contributed by atoms with van der Waals surface area (Å²) in [5.41, 5.74) is 0. The minimum Gasteiger partial charge on any atom is -0.481 e. The molecule has 2 atom stereocenters. The Morgan fingerprint density at radius 1 is 1.28 bits per heavy atom. The summed E-state index contributed by atoms with van der Waals surface area (Å²) in [6.07, 6.45) is 1.88. The molecule has 2 fully saturated rings. The molecule has 0 aromatic heterocycles. The van der Waals surface area contributed by atoms with E-state index < -0.39 is 11.9 Å². The van der Waals surface area contributed by atoms with Gasteiger partial charge in [0.25, 0.3) is 0 Å². The minimum absolute atomic E-state index is 0.0290. The molecule has 0 saturated carbocycles. The second kappa shape index (κ2) is 5.56. The SMILES string of the molecule is CC1CN(C(=O)NC2CCNCC2)CC1C(=O)O. The van der Waals surface area contributed by atoms with Crippen LogP contribution < -0.4 is 10.6 Å². The molecule has 3 N–H and O–H groups in total. The molecule has 0 spiro atoms. The molecule has 2 rings (SSSR count). The lowest BCUT2D eigenvalue weighted by Crippen LogP contribution is -2.48. The van der Waals surface area contributed by atoms with E-state index in [-0.39, 0.29) is 18.0 Å². The number of nitrogens with one attached hydrogen (secondary N) is 2. The number of urea groups is 1. The summed E-state index contributed by atoms with van der Waals surface area (Å²) in [5.74, 6) is -1.20. The van der Waals surface area contributed by atoms with E-state index in [4.69, 9.17) is 5.11 Å². The number of aliphatic carboxylic acids is 1. The lowest BCUT2D eigenvalue weighted by atomic mass is 9.99. The van der Waals surface area contributed by atoms with Gasteiger partial charge in [0.2, 0.25) is 0 Å². The number of piperidine rings is 1. The molecule has 0 aromatic carbocycles. The summed E-state index contributed by atoms with van der Waals surface area (Å²) >= 11 is 0. The normalized spacial score (nSPS) is 29.3. The Hall–Kier alpha value is -1.30. The van der Waals surface area contributed by atoms with E-state index in [1.54, 1.807) is 4.90 Å². The lowest BCUT2D eigenvalue weighted by Gasteiger charge is -2.26. The first-order chi connectivity index (χ1) is 8.58. The van der Waals surface area contributed by atoms with Crippen LogP contribution in [0, 0.1) is 11.8 Å². The maximum atomic E-state index is 12.0. The molecule has 6 heteroatoms. The molecular formula is C12H21N3O3. The fraction of sp³-hybridized carbons (Fsp3) is 0.833. The average Bonchev–Trinajstić information content (AvgIpc) is 2.73. The number of hydrogen-bond donors (Lipinski definition) is 3. The van der Waals surface area contributed by atoms with Crippen molar-refractivity contribution in [3.05, 3.63) is 0 Å². The van der Waals surface area contributed by atoms with Crippen LogP contribution >= 0.6 is 0 Å². The molecule has 0 aromatic rings. The van der Waals surface area contributed by atoms with E-state index in [0.717, 1.165) is 25.9 Å². The van der Waals surface area contributed by atoms with Gasteiger partial charge in [-0.2, -0.15) is 0 Å². The van der Waals surface area contributed by atoms with Crippen LogP contribution in [0.4, 0.5) is 4.79 Å². The monoisotopic (exact) mass is 255 g/mol. The van der Waals surface area contributed by atoms with Crippen LogP contribution in [0.1, 0.15) is 19.8 Å². The molecular weight excluding hydrogens is 234 g/mol. The number of carboxylic acids is 1. The largest absolute Gasteiger partial charge is 0.481 e. The number of amides is 2. The molecule has 6 nitrogen and oxygen atoms in total. The van der Waals surface area contributed by atoms with Crippen molar-refractivity contribution in [1.29, 1.82) is 0 Å². The first-order valence-corrected chi connectivity index (χ1v) is 6.57. The van der Waals surface area contributed by atoms with Crippen molar-refractivity contribution in [2.75, 3.05) is 26.2 Å². The number of nitrogens with zero attached hydrogens (tertiary/aromatic N) is 1. The van der Waals surface area contributed by atoms with Gasteiger partial charge in [-0.15, -0.1) is 0 Å². The van der Waals surface area contributed by atoms with Gasteiger partial charge >= 0.3 is 12.0 Å². The summed E-state index contributed by atoms with van der Waals surface area (Å²) in [4.78, 5) is 24.7. The van der Waals surface area contributed by atoms with Crippen LogP contribution in [0.2, 0.25) is 0 Å². The van der Waals surface area contributed by atoms with Crippen LogP contribution in [0.3, 0.4) is 0 Å². The quantitative estimate of drug-likeness (QED) is 0.653. The average molecular weight is 255 g/mol. The van der Waals surface area contributed by atoms with Gasteiger partial charge in [-0.25, -0.2) is 4.79 Å². The van der Waals surface area contributed by atoms with Crippen LogP contribution in [0.15, 0.2) is 0 Å². The second-order valence-corrected chi connectivity index (χ2v) is 5.30. The molecule has 0 bridgehead atoms. The van der Waals surface area contributed by atoms with Gasteiger partial charge < -0.3 is 20.6 Å². The zero-order valence-corrected chi connectivity index (χ0v) is 10.7. The van der Waals surface area contributed by atoms with Gasteiger partial charge in [-0.1, -0.05) is 6.92 Å². The summed E-state index contributed by atoms with van der Waals surface area (Å²) in [6.45, 7) is 4.61. The van der Waals surface area contributed by atoms with E-state index >= 15 is 0 Å². The van der Waals surface area contributed by atoms with Crippen molar-refractivity contribution in [1.82, 2.24) is 15.5 Å². The second-order valence-electron chi connectivity index (χ2n) is 5.30. The van der Waals surface area contributed by atoms with Gasteiger partial charge in [-0.05, 0) is 31.8 Å². The van der Waals surface area contributed by atoms with Crippen molar-refractivity contribution in [2.24, 2.45) is 11.8 Å². The number of carbonyl (C=O) groups excluding carboxylic acids is 1. The van der Waals surface area contributed by atoms with Crippen molar-refractivity contribution in [3.63, 3.8) is 0 Å². The number of carboxylic acid groups (broad SMARTS) is 1. The summed E-state index contributed by atoms with van der Waals surface area (Å²) in [5, 5.41) is 15.3. The Morgan fingerprint density at radius 3 is 2.50 bits per heavy atom. The fourth-order valence-electron chi connectivity index (χ4n) is 2.69. The van der Waals surface area contributed by atoms with E-state index in [9.17, 15) is 9.59 Å². The Balaban J connectivity index is 1.84. The maximum absolute atomic E-state index is 12.0. The van der Waals surface area contributed by atoms with Gasteiger partial charge in [0.05, 0.1) is 5.92 Å².